The molecule has 0 saturated carbocycles. The molecule has 1 unspecified atom stereocenters. The number of fused-ring (bicyclic) bond motifs is 1. The van der Waals surface area contributed by atoms with Gasteiger partial charge in [-0.15, -0.1) is 0 Å². The molecule has 1 saturated heterocycles. The van der Waals surface area contributed by atoms with Gasteiger partial charge < -0.3 is 49.2 Å². The first kappa shape index (κ1) is 46.1. The first-order valence-electron chi connectivity index (χ1n) is 20.4. The van der Waals surface area contributed by atoms with Crippen molar-refractivity contribution in [2.75, 3.05) is 27.3 Å². The average Bonchev–Trinajstić information content (AvgIpc) is 3.18. The highest BCUT2D eigenvalue weighted by Gasteiger charge is 2.47. The van der Waals surface area contributed by atoms with Crippen molar-refractivity contribution < 1.29 is 49.1 Å². The van der Waals surface area contributed by atoms with Crippen LogP contribution < -0.4 is 0 Å². The minimum atomic E-state index is -1.27. The average molecular weight is 796 g/mol. The summed E-state index contributed by atoms with van der Waals surface area (Å²) in [5.41, 5.74) is 3.56. The second-order valence-corrected chi connectivity index (χ2v) is 16.0. The van der Waals surface area contributed by atoms with E-state index in [2.05, 4.69) is 22.3 Å². The van der Waals surface area contributed by atoms with Gasteiger partial charge in [0.05, 0.1) is 54.7 Å². The van der Waals surface area contributed by atoms with Gasteiger partial charge in [0.1, 0.15) is 25.1 Å². The predicted octanol–water partition coefficient (Wildman–Crippen LogP) is 4.78. The molecule has 1 fully saturated rings. The van der Waals surface area contributed by atoms with E-state index in [0.29, 0.717) is 25.2 Å². The number of aryl methyl sites for hydroxylation is 1. The Morgan fingerprint density at radius 1 is 1.07 bits per heavy atom. The molecule has 0 amide bonds. The van der Waals surface area contributed by atoms with Gasteiger partial charge in [0.2, 0.25) is 0 Å². The predicted molar refractivity (Wildman–Crippen MR) is 218 cm³/mol. The second kappa shape index (κ2) is 22.6. The molecule has 0 spiro atoms. The number of aliphatic hydroxyl groups excluding tert-OH is 4. The molecule has 2 aromatic rings. The number of ether oxygens (including phenoxy) is 3. The molecule has 1 aromatic heterocycles. The van der Waals surface area contributed by atoms with E-state index in [4.69, 9.17) is 19.0 Å². The third-order valence-electron chi connectivity index (χ3n) is 11.4. The maximum Gasteiger partial charge on any atom is 0.308 e. The lowest BCUT2D eigenvalue weighted by Crippen LogP contribution is -2.63. The molecule has 4 rings (SSSR count). The van der Waals surface area contributed by atoms with Crippen LogP contribution in [0.25, 0.3) is 10.9 Å². The van der Waals surface area contributed by atoms with Crippen molar-refractivity contribution in [3.8, 4) is 0 Å². The number of aliphatic hydroxyl groups is 4. The van der Waals surface area contributed by atoms with Gasteiger partial charge in [0.15, 0.2) is 6.29 Å². The molecule has 316 valence electrons. The first-order chi connectivity index (χ1) is 27.3. The molecule has 13 nitrogen and oxygen atoms in total. The summed E-state index contributed by atoms with van der Waals surface area (Å²) in [6.45, 7) is 9.29. The van der Waals surface area contributed by atoms with Crippen molar-refractivity contribution in [1.29, 1.82) is 0 Å². The fourth-order valence-electron chi connectivity index (χ4n) is 7.93. The van der Waals surface area contributed by atoms with E-state index < -0.39 is 72.7 Å². The largest absolute Gasteiger partial charge is 0.462 e. The van der Waals surface area contributed by atoms with E-state index in [9.17, 15) is 30.0 Å². The van der Waals surface area contributed by atoms with Crippen LogP contribution in [-0.2, 0) is 35.1 Å². The Balaban J connectivity index is 1.62. The van der Waals surface area contributed by atoms with Crippen LogP contribution in [0, 0.1) is 23.7 Å². The Morgan fingerprint density at radius 3 is 2.53 bits per heavy atom. The molecule has 13 heteroatoms. The third-order valence-corrected chi connectivity index (χ3v) is 11.4. The lowest BCUT2D eigenvalue weighted by Gasteiger charge is -2.46. The second-order valence-electron chi connectivity index (χ2n) is 16.0. The molecule has 0 radical (unpaired) electrons. The highest BCUT2D eigenvalue weighted by molar-refractivity contribution is 5.96. The highest BCUT2D eigenvalue weighted by atomic mass is 16.7. The van der Waals surface area contributed by atoms with Crippen LogP contribution in [-0.4, -0.2) is 125 Å². The number of esters is 1. The van der Waals surface area contributed by atoms with Gasteiger partial charge in [-0.05, 0) is 89.7 Å². The zero-order valence-electron chi connectivity index (χ0n) is 34.6. The van der Waals surface area contributed by atoms with Crippen molar-refractivity contribution in [3.63, 3.8) is 0 Å². The molecule has 2 aliphatic rings. The van der Waals surface area contributed by atoms with Crippen LogP contribution >= 0.6 is 0 Å². The van der Waals surface area contributed by atoms with E-state index in [0.717, 1.165) is 47.6 Å². The topological polar surface area (TPSA) is 180 Å². The maximum absolute atomic E-state index is 13.3. The normalized spacial score (nSPS) is 34.4. The van der Waals surface area contributed by atoms with E-state index in [1.807, 2.05) is 63.4 Å². The number of likely N-dealkylation sites (N-methyl/N-ethyl adjacent to an activating group) is 1. The lowest BCUT2D eigenvalue weighted by atomic mass is 9.79. The molecule has 3 heterocycles. The first-order valence-corrected chi connectivity index (χ1v) is 20.4. The summed E-state index contributed by atoms with van der Waals surface area (Å²) >= 11 is 0. The number of benzene rings is 1. The molecule has 0 bridgehead atoms. The monoisotopic (exact) mass is 795 g/mol. The van der Waals surface area contributed by atoms with Gasteiger partial charge in [-0.3, -0.25) is 9.78 Å². The number of rotatable bonds is 13. The number of pyridine rings is 1. The molecule has 1 aromatic carbocycles. The van der Waals surface area contributed by atoms with E-state index >= 15 is 0 Å². The van der Waals surface area contributed by atoms with Crippen LogP contribution in [0.5, 0.6) is 0 Å². The van der Waals surface area contributed by atoms with Crippen LogP contribution in [0.3, 0.4) is 0 Å². The Labute approximate surface area is 337 Å². The number of oxime groups is 1. The van der Waals surface area contributed by atoms with Gasteiger partial charge in [-0.1, -0.05) is 61.9 Å². The summed E-state index contributed by atoms with van der Waals surface area (Å²) in [5.74, 6) is -2.65. The Bertz CT molecular complexity index is 1670. The van der Waals surface area contributed by atoms with Crippen molar-refractivity contribution in [2.24, 2.45) is 28.8 Å². The van der Waals surface area contributed by atoms with Crippen molar-refractivity contribution in [1.82, 2.24) is 9.88 Å². The van der Waals surface area contributed by atoms with Crippen molar-refractivity contribution in [2.45, 2.75) is 129 Å². The maximum atomic E-state index is 13.3. The number of carbonyl (C=O) groups excluding carboxylic acids is 2. The fraction of sp³-hybridized carbons (Fsp3) is 0.636. The SMILES string of the molecule is CC[C@H]1OC(=O)C[C@@H](O)[C@H](C)[C@@H](O[C@@H]2O[C@H](C)[C@@H](O)[C@H](N(C)C)[C@H]2O)[C@@H](CC=O)C[C@@H](C)C(=N/OCCCCc2cnc3ccccc3c2)/C=C/C(C)=C/C1CO. The lowest BCUT2D eigenvalue weighted by molar-refractivity contribution is -0.304. The summed E-state index contributed by atoms with van der Waals surface area (Å²) in [4.78, 5) is 37.7. The quantitative estimate of drug-likeness (QED) is 0.0946. The Morgan fingerprint density at radius 2 is 1.82 bits per heavy atom. The summed E-state index contributed by atoms with van der Waals surface area (Å²) in [6, 6.07) is 9.49. The van der Waals surface area contributed by atoms with Crippen molar-refractivity contribution in [3.05, 3.63) is 65.9 Å². The minimum Gasteiger partial charge on any atom is -0.462 e. The summed E-state index contributed by atoms with van der Waals surface area (Å²) in [6.07, 6.45) is 4.35. The minimum absolute atomic E-state index is 0.0467. The zero-order valence-corrected chi connectivity index (χ0v) is 34.6. The number of aldehydes is 1. The summed E-state index contributed by atoms with van der Waals surface area (Å²) < 4.78 is 18.4. The smallest absolute Gasteiger partial charge is 0.308 e. The Hall–Kier alpha value is -3.56. The van der Waals surface area contributed by atoms with Crippen molar-refractivity contribution >= 4 is 28.9 Å². The van der Waals surface area contributed by atoms with Crippen LogP contribution in [0.15, 0.2) is 65.5 Å². The number of nitrogens with zero attached hydrogens (tertiary/aromatic N) is 3. The number of allylic oxidation sites excluding steroid dienone is 3. The Kier molecular flexibility index (Phi) is 18.3. The molecule has 57 heavy (non-hydrogen) atoms. The highest BCUT2D eigenvalue weighted by Crippen LogP contribution is 2.34. The van der Waals surface area contributed by atoms with E-state index in [1.165, 1.54) is 0 Å². The van der Waals surface area contributed by atoms with Gasteiger partial charge in [0, 0.05) is 35.8 Å². The van der Waals surface area contributed by atoms with Crippen LogP contribution in [0.1, 0.15) is 78.7 Å². The third kappa shape index (κ3) is 13.0. The number of carbonyl (C=O) groups is 2. The summed E-state index contributed by atoms with van der Waals surface area (Å²) in [5, 5.41) is 49.8. The number of cyclic esters (lactones) is 1. The zero-order chi connectivity index (χ0) is 41.6. The fourth-order valence-corrected chi connectivity index (χ4v) is 7.93. The standard InChI is InChI=1S/C44H65N3O10/c1-8-38-34(26-49)21-27(2)16-17-35(46-54-20-12-11-13-31-23-32-14-9-10-15-36(32)45-25-31)28(3)22-33(18-19-48)43(29(4)37(50)24-39(51)56-38)57-44-42(53)40(47(6)7)41(52)30(5)55-44/h9-10,14-17,19,21,23,25,28-30,33-34,37-38,40-44,49-50,52-53H,8,11-13,18,20,22,24,26H2,1-7H3/b17-16+,27-21+,46-35+/t28-,29+,30-,33+,34?,37-,38-,40+,41-,42-,43-,44+/m1/s1. The number of para-hydroxylation sites is 1. The van der Waals surface area contributed by atoms with Gasteiger partial charge in [-0.2, -0.15) is 0 Å². The molecule has 4 N–H and O–H groups in total. The molecule has 0 aliphatic carbocycles. The van der Waals surface area contributed by atoms with Gasteiger partial charge in [0.25, 0.3) is 0 Å². The van der Waals surface area contributed by atoms with Gasteiger partial charge in [-0.25, -0.2) is 0 Å². The molecular weight excluding hydrogens is 730 g/mol. The summed E-state index contributed by atoms with van der Waals surface area (Å²) in [7, 11) is 3.49. The molecular formula is C44H65N3O10. The number of unbranched alkanes of at least 4 members (excludes halogenated alkanes) is 1. The van der Waals surface area contributed by atoms with E-state index in [1.54, 1.807) is 32.8 Å². The number of aromatic nitrogens is 1. The van der Waals surface area contributed by atoms with Crippen LogP contribution in [0.4, 0.5) is 0 Å². The van der Waals surface area contributed by atoms with E-state index in [-0.39, 0.29) is 25.4 Å². The van der Waals surface area contributed by atoms with Gasteiger partial charge >= 0.3 is 5.97 Å². The number of hydrogen-bond donors (Lipinski definition) is 4. The number of hydrogen-bond acceptors (Lipinski definition) is 13. The molecule has 2 aliphatic heterocycles. The molecule has 12 atom stereocenters. The van der Waals surface area contributed by atoms with Crippen LogP contribution in [0.2, 0.25) is 0 Å².